The second-order valence-corrected chi connectivity index (χ2v) is 8.43. The number of hydrogen-bond acceptors (Lipinski definition) is 5. The van der Waals surface area contributed by atoms with Gasteiger partial charge in [-0.3, -0.25) is 4.79 Å². The second kappa shape index (κ2) is 6.55. The van der Waals surface area contributed by atoms with Crippen molar-refractivity contribution in [2.45, 2.75) is 31.7 Å². The van der Waals surface area contributed by atoms with Crippen molar-refractivity contribution in [2.75, 3.05) is 5.32 Å². The number of rotatable bonds is 4. The van der Waals surface area contributed by atoms with Crippen LogP contribution in [0.25, 0.3) is 27.9 Å². The van der Waals surface area contributed by atoms with Gasteiger partial charge in [0.05, 0.1) is 5.92 Å². The highest BCUT2D eigenvalue weighted by Crippen LogP contribution is 2.46. The van der Waals surface area contributed by atoms with Crippen molar-refractivity contribution in [3.05, 3.63) is 42.9 Å². The molecule has 0 aliphatic heterocycles. The maximum Gasteiger partial charge on any atom is 0.308 e. The SMILES string of the molecule is O=C(O)[C@H]1C2CCC(CC2)[C@@H]1Nc1nc(-c2c[nH]c3ncccc23)nn2cccc12. The molecular formula is C22H22N6O2. The molecule has 8 nitrogen and oxygen atoms in total. The summed E-state index contributed by atoms with van der Waals surface area (Å²) < 4.78 is 1.80. The van der Waals surface area contributed by atoms with Crippen LogP contribution in [0.1, 0.15) is 25.7 Å². The number of aliphatic carboxylic acids is 1. The molecule has 4 heterocycles. The molecule has 7 rings (SSSR count). The summed E-state index contributed by atoms with van der Waals surface area (Å²) in [6.07, 6.45) is 9.69. The van der Waals surface area contributed by atoms with Crippen molar-refractivity contribution in [1.29, 1.82) is 0 Å². The van der Waals surface area contributed by atoms with Crippen molar-refractivity contribution in [2.24, 2.45) is 17.8 Å². The summed E-state index contributed by atoms with van der Waals surface area (Å²) in [5, 5.41) is 19.1. The van der Waals surface area contributed by atoms with Crippen LogP contribution in [-0.4, -0.2) is 41.7 Å². The van der Waals surface area contributed by atoms with E-state index in [0.29, 0.717) is 17.6 Å². The van der Waals surface area contributed by atoms with Crippen LogP contribution >= 0.6 is 0 Å². The molecule has 3 aliphatic rings. The molecule has 3 fully saturated rings. The summed E-state index contributed by atoms with van der Waals surface area (Å²) in [7, 11) is 0. The number of carboxylic acid groups (broad SMARTS) is 1. The minimum absolute atomic E-state index is 0.110. The monoisotopic (exact) mass is 402 g/mol. The van der Waals surface area contributed by atoms with E-state index in [1.54, 1.807) is 10.7 Å². The topological polar surface area (TPSA) is 108 Å². The maximum absolute atomic E-state index is 12.1. The minimum Gasteiger partial charge on any atom is -0.481 e. The molecule has 0 unspecified atom stereocenters. The fourth-order valence-electron chi connectivity index (χ4n) is 5.47. The van der Waals surface area contributed by atoms with E-state index in [4.69, 9.17) is 4.98 Å². The zero-order valence-corrected chi connectivity index (χ0v) is 16.3. The van der Waals surface area contributed by atoms with Gasteiger partial charge in [-0.1, -0.05) is 0 Å². The molecule has 0 saturated heterocycles. The molecule has 4 aromatic heterocycles. The van der Waals surface area contributed by atoms with Crippen molar-refractivity contribution in [3.8, 4) is 11.4 Å². The number of aromatic amines is 1. The van der Waals surface area contributed by atoms with Gasteiger partial charge in [-0.25, -0.2) is 14.5 Å². The Morgan fingerprint density at radius 2 is 2.00 bits per heavy atom. The average molecular weight is 402 g/mol. The van der Waals surface area contributed by atoms with Crippen LogP contribution in [0.15, 0.2) is 42.9 Å². The van der Waals surface area contributed by atoms with E-state index in [0.717, 1.165) is 47.8 Å². The molecule has 3 aliphatic carbocycles. The Kier molecular flexibility index (Phi) is 3.81. The molecule has 0 spiro atoms. The van der Waals surface area contributed by atoms with E-state index in [1.807, 2.05) is 36.7 Å². The quantitative estimate of drug-likeness (QED) is 0.482. The smallest absolute Gasteiger partial charge is 0.308 e. The minimum atomic E-state index is -0.703. The molecule has 2 bridgehead atoms. The first kappa shape index (κ1) is 17.4. The van der Waals surface area contributed by atoms with Crippen LogP contribution in [0.4, 0.5) is 5.82 Å². The third-order valence-electron chi connectivity index (χ3n) is 6.89. The first-order valence-electron chi connectivity index (χ1n) is 10.5. The third kappa shape index (κ3) is 2.59. The highest BCUT2D eigenvalue weighted by Gasteiger charge is 2.47. The third-order valence-corrected chi connectivity index (χ3v) is 6.89. The van der Waals surface area contributed by atoms with Crippen LogP contribution in [0.2, 0.25) is 0 Å². The van der Waals surface area contributed by atoms with Gasteiger partial charge in [0.25, 0.3) is 0 Å². The Morgan fingerprint density at radius 3 is 2.83 bits per heavy atom. The van der Waals surface area contributed by atoms with Crippen molar-refractivity contribution in [3.63, 3.8) is 0 Å². The maximum atomic E-state index is 12.1. The zero-order chi connectivity index (χ0) is 20.2. The molecule has 0 amide bonds. The van der Waals surface area contributed by atoms with E-state index < -0.39 is 5.97 Å². The van der Waals surface area contributed by atoms with Crippen LogP contribution in [-0.2, 0) is 4.79 Å². The lowest BCUT2D eigenvalue weighted by atomic mass is 9.61. The van der Waals surface area contributed by atoms with Gasteiger partial charge in [0.2, 0.25) is 0 Å². The van der Waals surface area contributed by atoms with E-state index in [-0.39, 0.29) is 17.9 Å². The van der Waals surface area contributed by atoms with Crippen molar-refractivity contribution < 1.29 is 9.90 Å². The number of nitrogens with one attached hydrogen (secondary N) is 2. The number of anilines is 1. The molecule has 3 N–H and O–H groups in total. The number of H-pyrrole nitrogens is 1. The number of aromatic nitrogens is 5. The normalized spacial score (nSPS) is 25.7. The lowest BCUT2D eigenvalue weighted by molar-refractivity contribution is -0.148. The molecule has 152 valence electrons. The Hall–Kier alpha value is -3.42. The summed E-state index contributed by atoms with van der Waals surface area (Å²) in [5.41, 5.74) is 2.51. The van der Waals surface area contributed by atoms with E-state index in [1.165, 1.54) is 0 Å². The highest BCUT2D eigenvalue weighted by atomic mass is 16.4. The first-order valence-corrected chi connectivity index (χ1v) is 10.5. The van der Waals surface area contributed by atoms with Gasteiger partial charge in [0, 0.05) is 35.6 Å². The van der Waals surface area contributed by atoms with Crippen molar-refractivity contribution >= 4 is 28.3 Å². The standard InChI is InChI=1S/C22H22N6O2/c29-22(30)17-12-5-7-13(8-6-12)18(17)25-21-16-4-2-10-28(16)27-20(26-21)15-11-24-19-14(15)3-1-9-23-19/h1-4,9-13,17-18H,5-8H2,(H,23,24)(H,29,30)(H,25,26,27)/t12?,13?,17-,18-/m0/s1. The van der Waals surface area contributed by atoms with Crippen LogP contribution in [0, 0.1) is 17.8 Å². The molecule has 3 saturated carbocycles. The highest BCUT2D eigenvalue weighted by molar-refractivity contribution is 5.91. The van der Waals surface area contributed by atoms with Gasteiger partial charge in [-0.15, -0.1) is 5.10 Å². The average Bonchev–Trinajstić information content (AvgIpc) is 3.41. The Morgan fingerprint density at radius 1 is 1.17 bits per heavy atom. The number of pyridine rings is 1. The summed E-state index contributed by atoms with van der Waals surface area (Å²) in [5.74, 6) is 0.796. The van der Waals surface area contributed by atoms with Gasteiger partial charge >= 0.3 is 5.97 Å². The molecule has 2 atom stereocenters. The molecule has 0 radical (unpaired) electrons. The van der Waals surface area contributed by atoms with E-state index in [9.17, 15) is 9.90 Å². The van der Waals surface area contributed by atoms with Gasteiger partial charge in [-0.05, 0) is 61.8 Å². The van der Waals surface area contributed by atoms with E-state index >= 15 is 0 Å². The van der Waals surface area contributed by atoms with Gasteiger partial charge in [0.15, 0.2) is 11.6 Å². The Bertz CT molecular complexity index is 1250. The van der Waals surface area contributed by atoms with Crippen molar-refractivity contribution in [1.82, 2.24) is 24.6 Å². The number of carbonyl (C=O) groups is 1. The zero-order valence-electron chi connectivity index (χ0n) is 16.3. The van der Waals surface area contributed by atoms with E-state index in [2.05, 4.69) is 20.4 Å². The second-order valence-electron chi connectivity index (χ2n) is 8.43. The van der Waals surface area contributed by atoms with Gasteiger partial charge in [0.1, 0.15) is 11.2 Å². The van der Waals surface area contributed by atoms with Crippen LogP contribution in [0.3, 0.4) is 0 Å². The summed E-state index contributed by atoms with van der Waals surface area (Å²) in [4.78, 5) is 24.4. The largest absolute Gasteiger partial charge is 0.481 e. The summed E-state index contributed by atoms with van der Waals surface area (Å²) in [6, 6.07) is 7.66. The lowest BCUT2D eigenvalue weighted by Crippen LogP contribution is -2.51. The predicted octanol–water partition coefficient (Wildman–Crippen LogP) is 3.57. The fourth-order valence-corrected chi connectivity index (χ4v) is 5.47. The molecule has 30 heavy (non-hydrogen) atoms. The van der Waals surface area contributed by atoms with Gasteiger partial charge < -0.3 is 15.4 Å². The number of hydrogen-bond donors (Lipinski definition) is 3. The summed E-state index contributed by atoms with van der Waals surface area (Å²) >= 11 is 0. The predicted molar refractivity (Wildman–Crippen MR) is 112 cm³/mol. The number of nitrogens with zero attached hydrogens (tertiary/aromatic N) is 4. The van der Waals surface area contributed by atoms with Gasteiger partial charge in [-0.2, -0.15) is 0 Å². The Labute approximate surface area is 172 Å². The Balaban J connectivity index is 1.45. The molecule has 0 aromatic carbocycles. The molecular weight excluding hydrogens is 380 g/mol. The fraction of sp³-hybridized carbons (Fsp3) is 0.364. The lowest BCUT2D eigenvalue weighted by Gasteiger charge is -2.47. The molecule has 8 heteroatoms. The molecule has 4 aromatic rings. The van der Waals surface area contributed by atoms with Crippen LogP contribution in [0.5, 0.6) is 0 Å². The van der Waals surface area contributed by atoms with Crippen LogP contribution < -0.4 is 5.32 Å². The summed E-state index contributed by atoms with van der Waals surface area (Å²) in [6.45, 7) is 0. The first-order chi connectivity index (χ1) is 14.7. The number of fused-ring (bicyclic) bond motifs is 5. The number of carboxylic acids is 1.